The maximum absolute atomic E-state index is 12.6. The van der Waals surface area contributed by atoms with Gasteiger partial charge in [0.1, 0.15) is 12.2 Å². The quantitative estimate of drug-likeness (QED) is 0.518. The number of hydrazone groups is 1. The summed E-state index contributed by atoms with van der Waals surface area (Å²) in [7, 11) is 0. The number of carbonyl (C=O) groups excluding carboxylic acids is 2. The number of nitrogens with zero attached hydrogens (tertiary/aromatic N) is 6. The van der Waals surface area contributed by atoms with Crippen molar-refractivity contribution in [3.8, 4) is 11.4 Å². The lowest BCUT2D eigenvalue weighted by atomic mass is 9.98. The zero-order valence-corrected chi connectivity index (χ0v) is 18.3. The molecule has 0 radical (unpaired) electrons. The molecule has 0 saturated heterocycles. The fourth-order valence-electron chi connectivity index (χ4n) is 3.97. The van der Waals surface area contributed by atoms with Crippen LogP contribution in [0.4, 0.5) is 0 Å². The summed E-state index contributed by atoms with van der Waals surface area (Å²) in [6.45, 7) is 1.95. The van der Waals surface area contributed by atoms with Crippen LogP contribution in [0.2, 0.25) is 0 Å². The number of amides is 1. The highest BCUT2D eigenvalue weighted by molar-refractivity contribution is 6.24. The minimum Gasteiger partial charge on any atom is -0.359 e. The summed E-state index contributed by atoms with van der Waals surface area (Å²) in [5.41, 5.74) is 7.02. The van der Waals surface area contributed by atoms with Crippen LogP contribution in [0.5, 0.6) is 0 Å². The number of aromatic nitrogens is 5. The van der Waals surface area contributed by atoms with Crippen molar-refractivity contribution < 1.29 is 9.59 Å². The lowest BCUT2D eigenvalue weighted by Crippen LogP contribution is -2.32. The first-order valence-electron chi connectivity index (χ1n) is 10.7. The van der Waals surface area contributed by atoms with Crippen LogP contribution in [-0.2, 0) is 11.2 Å². The zero-order chi connectivity index (χ0) is 23.5. The topological polar surface area (TPSA) is 142 Å². The van der Waals surface area contributed by atoms with Gasteiger partial charge in [-0.25, -0.2) is 20.4 Å². The second-order valence-corrected chi connectivity index (χ2v) is 7.72. The summed E-state index contributed by atoms with van der Waals surface area (Å²) < 4.78 is 1.47. The smallest absolute Gasteiger partial charge is 0.254 e. The molecule has 3 N–H and O–H groups in total. The SMILES string of the molecule is Cc1[nH]c(C=C2NC=CN=C2C2C=NNC2=O)c(-c2ncccn2)c1CCC(=O)n1ccnc1. The summed E-state index contributed by atoms with van der Waals surface area (Å²) in [6.07, 6.45) is 15.5. The van der Waals surface area contributed by atoms with Gasteiger partial charge in [-0.05, 0) is 31.1 Å². The lowest BCUT2D eigenvalue weighted by molar-refractivity contribution is -0.120. The fourth-order valence-corrected chi connectivity index (χ4v) is 3.97. The molecular formula is C23H21N9O2. The molecular weight excluding hydrogens is 434 g/mol. The highest BCUT2D eigenvalue weighted by Gasteiger charge is 2.30. The van der Waals surface area contributed by atoms with Crippen molar-refractivity contribution in [1.82, 2.24) is 35.2 Å². The molecule has 11 nitrogen and oxygen atoms in total. The molecule has 34 heavy (non-hydrogen) atoms. The summed E-state index contributed by atoms with van der Waals surface area (Å²) in [5, 5.41) is 7.03. The average molecular weight is 455 g/mol. The summed E-state index contributed by atoms with van der Waals surface area (Å²) in [4.78, 5) is 45.4. The Balaban J connectivity index is 1.53. The molecule has 5 heterocycles. The normalized spacial score (nSPS) is 18.1. The van der Waals surface area contributed by atoms with E-state index in [4.69, 9.17) is 0 Å². The minimum absolute atomic E-state index is 0.0574. The molecule has 5 rings (SSSR count). The van der Waals surface area contributed by atoms with E-state index in [1.807, 2.05) is 13.0 Å². The van der Waals surface area contributed by atoms with Crippen molar-refractivity contribution in [3.05, 3.63) is 72.2 Å². The first-order valence-corrected chi connectivity index (χ1v) is 10.7. The van der Waals surface area contributed by atoms with Crippen molar-refractivity contribution in [2.45, 2.75) is 19.8 Å². The van der Waals surface area contributed by atoms with E-state index < -0.39 is 5.92 Å². The molecule has 1 unspecified atom stereocenters. The number of aliphatic imine (C=N–C) groups is 1. The Morgan fingerprint density at radius 1 is 1.24 bits per heavy atom. The molecule has 0 spiro atoms. The van der Waals surface area contributed by atoms with Crippen LogP contribution in [-0.4, -0.2) is 48.2 Å². The Morgan fingerprint density at radius 3 is 2.82 bits per heavy atom. The number of H-pyrrole nitrogens is 1. The Kier molecular flexibility index (Phi) is 5.65. The molecule has 0 bridgehead atoms. The second kappa shape index (κ2) is 9.06. The molecule has 0 fully saturated rings. The molecule has 1 atom stereocenters. The van der Waals surface area contributed by atoms with Crippen LogP contribution in [0.3, 0.4) is 0 Å². The van der Waals surface area contributed by atoms with E-state index in [9.17, 15) is 9.59 Å². The van der Waals surface area contributed by atoms with Crippen LogP contribution in [0.15, 0.2) is 65.4 Å². The van der Waals surface area contributed by atoms with Gasteiger partial charge in [0.25, 0.3) is 5.91 Å². The van der Waals surface area contributed by atoms with Gasteiger partial charge in [0, 0.05) is 61.1 Å². The van der Waals surface area contributed by atoms with E-state index in [-0.39, 0.29) is 18.2 Å². The third-order valence-electron chi connectivity index (χ3n) is 5.58. The van der Waals surface area contributed by atoms with Gasteiger partial charge in [0.05, 0.1) is 17.1 Å². The number of aryl methyl sites for hydroxylation is 1. The third kappa shape index (κ3) is 4.06. The number of allylic oxidation sites excluding steroid dienone is 1. The molecule has 0 aliphatic carbocycles. The maximum Gasteiger partial charge on any atom is 0.254 e. The highest BCUT2D eigenvalue weighted by atomic mass is 16.2. The number of imidazole rings is 1. The molecule has 1 amide bonds. The molecule has 3 aromatic heterocycles. The number of hydrogen-bond acceptors (Lipinski definition) is 8. The van der Waals surface area contributed by atoms with Crippen molar-refractivity contribution in [2.24, 2.45) is 16.0 Å². The van der Waals surface area contributed by atoms with Gasteiger partial charge >= 0.3 is 0 Å². The molecule has 3 aromatic rings. The molecule has 11 heteroatoms. The first kappa shape index (κ1) is 21.2. The van der Waals surface area contributed by atoms with Crippen LogP contribution >= 0.6 is 0 Å². The van der Waals surface area contributed by atoms with Crippen molar-refractivity contribution in [2.75, 3.05) is 0 Å². The Morgan fingerprint density at radius 2 is 2.09 bits per heavy atom. The van der Waals surface area contributed by atoms with Crippen LogP contribution in [0.1, 0.15) is 28.2 Å². The predicted octanol–water partition coefficient (Wildman–Crippen LogP) is 1.84. The standard InChI is InChI=1S/C23H21N9O2/c1-14-15(3-4-19(33)32-10-9-24-13-32)20(22-27-5-2-6-28-22)17(30-14)11-18-21(26-8-7-25-18)16-12-29-31-23(16)34/h2,5-13,16,25,30H,3-4H2,1H3,(H,31,34). The van der Waals surface area contributed by atoms with Gasteiger partial charge in [-0.1, -0.05) is 0 Å². The number of nitrogens with one attached hydrogen (secondary N) is 3. The van der Waals surface area contributed by atoms with E-state index in [1.54, 1.807) is 43.3 Å². The minimum atomic E-state index is -0.594. The average Bonchev–Trinajstić information content (AvgIpc) is 3.60. The van der Waals surface area contributed by atoms with Crippen molar-refractivity contribution in [3.63, 3.8) is 0 Å². The number of hydrogen-bond donors (Lipinski definition) is 3. The first-order chi connectivity index (χ1) is 16.6. The highest BCUT2D eigenvalue weighted by Crippen LogP contribution is 2.31. The zero-order valence-electron chi connectivity index (χ0n) is 18.3. The van der Waals surface area contributed by atoms with E-state index >= 15 is 0 Å². The van der Waals surface area contributed by atoms with Gasteiger partial charge < -0.3 is 10.3 Å². The predicted molar refractivity (Wildman–Crippen MR) is 126 cm³/mol. The lowest BCUT2D eigenvalue weighted by Gasteiger charge is -2.16. The number of rotatable bonds is 6. The molecule has 2 aliphatic heterocycles. The Bertz CT molecular complexity index is 1350. The molecule has 0 aromatic carbocycles. The third-order valence-corrected chi connectivity index (χ3v) is 5.58. The van der Waals surface area contributed by atoms with E-state index in [0.29, 0.717) is 23.7 Å². The van der Waals surface area contributed by atoms with E-state index in [2.05, 4.69) is 40.8 Å². The molecule has 170 valence electrons. The Hall–Kier alpha value is -4.67. The number of aromatic amines is 1. The molecule has 0 saturated carbocycles. The Labute approximate surface area is 194 Å². The second-order valence-electron chi connectivity index (χ2n) is 7.72. The van der Waals surface area contributed by atoms with Gasteiger partial charge in [0.15, 0.2) is 5.82 Å². The van der Waals surface area contributed by atoms with E-state index in [1.165, 1.54) is 17.1 Å². The van der Waals surface area contributed by atoms with Crippen LogP contribution in [0, 0.1) is 12.8 Å². The summed E-state index contributed by atoms with van der Waals surface area (Å²) in [6, 6.07) is 1.75. The van der Waals surface area contributed by atoms with Gasteiger partial charge in [-0.2, -0.15) is 5.10 Å². The van der Waals surface area contributed by atoms with Gasteiger partial charge in [-0.15, -0.1) is 0 Å². The van der Waals surface area contributed by atoms with Crippen molar-refractivity contribution in [1.29, 1.82) is 0 Å². The van der Waals surface area contributed by atoms with Crippen LogP contribution in [0.25, 0.3) is 17.5 Å². The summed E-state index contributed by atoms with van der Waals surface area (Å²) >= 11 is 0. The largest absolute Gasteiger partial charge is 0.359 e. The van der Waals surface area contributed by atoms with Crippen molar-refractivity contribution >= 4 is 29.8 Å². The maximum atomic E-state index is 12.6. The van der Waals surface area contributed by atoms with Gasteiger partial charge in [-0.3, -0.25) is 19.1 Å². The fraction of sp³-hybridized carbons (Fsp3) is 0.174. The monoisotopic (exact) mass is 455 g/mol. The number of carbonyl (C=O) groups is 2. The van der Waals surface area contributed by atoms with Gasteiger partial charge in [0.2, 0.25) is 5.91 Å². The van der Waals surface area contributed by atoms with E-state index in [0.717, 1.165) is 22.5 Å². The summed E-state index contributed by atoms with van der Waals surface area (Å²) in [5.74, 6) is -0.357. The van der Waals surface area contributed by atoms with Crippen LogP contribution < -0.4 is 10.7 Å². The molecule has 2 aliphatic rings.